The lowest BCUT2D eigenvalue weighted by molar-refractivity contribution is 0.0951. The summed E-state index contributed by atoms with van der Waals surface area (Å²) in [5, 5.41) is 4.75. The minimum absolute atomic E-state index is 0.245. The minimum Gasteiger partial charge on any atom is -0.347 e. The monoisotopic (exact) mass is 250 g/mol. The van der Waals surface area contributed by atoms with Gasteiger partial charge in [0.2, 0.25) is 5.95 Å². The molecule has 0 aromatic carbocycles. The van der Waals surface area contributed by atoms with Crippen molar-refractivity contribution in [1.29, 1.82) is 0 Å². The van der Waals surface area contributed by atoms with E-state index in [1.54, 1.807) is 11.3 Å². The number of carbonyl (C=O) groups is 1. The van der Waals surface area contributed by atoms with Crippen LogP contribution in [-0.2, 0) is 6.54 Å². The number of amides is 1. The highest BCUT2D eigenvalue weighted by Crippen LogP contribution is 2.15. The van der Waals surface area contributed by atoms with Gasteiger partial charge in [0, 0.05) is 11.1 Å². The van der Waals surface area contributed by atoms with E-state index in [4.69, 9.17) is 0 Å². The summed E-state index contributed by atoms with van der Waals surface area (Å²) in [6.45, 7) is 2.48. The molecular weight excluding hydrogens is 239 g/mol. The number of nitrogens with one attached hydrogen (secondary N) is 1. The van der Waals surface area contributed by atoms with Crippen molar-refractivity contribution < 1.29 is 9.18 Å². The molecule has 1 amide bonds. The first kappa shape index (κ1) is 11.7. The first-order valence-electron chi connectivity index (χ1n) is 5.09. The van der Waals surface area contributed by atoms with Gasteiger partial charge in [-0.3, -0.25) is 4.79 Å². The lowest BCUT2D eigenvalue weighted by Gasteiger charge is -2.04. The topological polar surface area (TPSA) is 42.0 Å². The molecule has 88 valence electrons. The van der Waals surface area contributed by atoms with Crippen molar-refractivity contribution in [1.82, 2.24) is 10.3 Å². The minimum atomic E-state index is -0.587. The molecule has 0 atom stereocenters. The number of nitrogens with zero attached hydrogens (tertiary/aromatic N) is 1. The highest BCUT2D eigenvalue weighted by Gasteiger charge is 2.07. The Morgan fingerprint density at radius 3 is 2.88 bits per heavy atom. The van der Waals surface area contributed by atoms with Gasteiger partial charge in [0.15, 0.2) is 0 Å². The molecule has 0 saturated carbocycles. The van der Waals surface area contributed by atoms with Crippen LogP contribution in [0, 0.1) is 12.9 Å². The van der Waals surface area contributed by atoms with Crippen LogP contribution in [0.2, 0.25) is 0 Å². The molecule has 0 aliphatic heterocycles. The maximum Gasteiger partial charge on any atom is 0.253 e. The fourth-order valence-corrected chi connectivity index (χ4v) is 2.20. The Morgan fingerprint density at radius 2 is 2.29 bits per heavy atom. The smallest absolute Gasteiger partial charge is 0.253 e. The fraction of sp³-hybridized carbons (Fsp3) is 0.167. The molecular formula is C12H11FN2OS. The van der Waals surface area contributed by atoms with Gasteiger partial charge in [-0.2, -0.15) is 4.39 Å². The maximum atomic E-state index is 12.6. The number of halogens is 1. The van der Waals surface area contributed by atoms with Crippen LogP contribution in [0.4, 0.5) is 4.39 Å². The predicted molar refractivity (Wildman–Crippen MR) is 64.4 cm³/mol. The van der Waals surface area contributed by atoms with Gasteiger partial charge >= 0.3 is 0 Å². The van der Waals surface area contributed by atoms with E-state index in [0.717, 1.165) is 10.4 Å². The largest absolute Gasteiger partial charge is 0.347 e. The average Bonchev–Trinajstić information content (AvgIpc) is 2.73. The Labute approximate surface area is 102 Å². The number of carbonyl (C=O) groups excluding carboxylic acids is 1. The summed E-state index contributed by atoms with van der Waals surface area (Å²) in [6, 6.07) is 4.59. The number of pyridine rings is 1. The van der Waals surface area contributed by atoms with Crippen LogP contribution in [0.3, 0.4) is 0 Å². The second-order valence-electron chi connectivity index (χ2n) is 3.58. The molecule has 0 aliphatic rings. The Hall–Kier alpha value is -1.75. The van der Waals surface area contributed by atoms with Gasteiger partial charge in [-0.25, -0.2) is 4.98 Å². The molecule has 1 N–H and O–H groups in total. The third-order valence-electron chi connectivity index (χ3n) is 2.37. The molecule has 3 nitrogen and oxygen atoms in total. The molecule has 2 rings (SSSR count). The van der Waals surface area contributed by atoms with E-state index in [9.17, 15) is 9.18 Å². The quantitative estimate of drug-likeness (QED) is 0.850. The van der Waals surface area contributed by atoms with Gasteiger partial charge in [-0.15, -0.1) is 11.3 Å². The van der Waals surface area contributed by atoms with E-state index in [2.05, 4.69) is 10.3 Å². The summed E-state index contributed by atoms with van der Waals surface area (Å²) in [7, 11) is 0. The van der Waals surface area contributed by atoms with Crippen molar-refractivity contribution in [3.05, 3.63) is 51.7 Å². The van der Waals surface area contributed by atoms with Gasteiger partial charge < -0.3 is 5.32 Å². The number of thiophene rings is 1. The average molecular weight is 250 g/mol. The second-order valence-corrected chi connectivity index (χ2v) is 4.58. The van der Waals surface area contributed by atoms with Crippen LogP contribution in [0.25, 0.3) is 0 Å². The number of rotatable bonds is 3. The van der Waals surface area contributed by atoms with Crippen molar-refractivity contribution in [3.8, 4) is 0 Å². The molecule has 0 unspecified atom stereocenters. The van der Waals surface area contributed by atoms with Gasteiger partial charge in [0.05, 0.1) is 12.1 Å². The molecule has 0 saturated heterocycles. The van der Waals surface area contributed by atoms with Gasteiger partial charge in [-0.1, -0.05) is 0 Å². The standard InChI is InChI=1S/C12H11FN2OS/c1-8-4-5-17-10(8)7-15-12(16)9-2-3-11(13)14-6-9/h2-6H,7H2,1H3,(H,15,16). The summed E-state index contributed by atoms with van der Waals surface area (Å²) in [6.07, 6.45) is 1.23. The summed E-state index contributed by atoms with van der Waals surface area (Å²) in [5.74, 6) is -0.832. The molecule has 0 spiro atoms. The Morgan fingerprint density at radius 1 is 1.47 bits per heavy atom. The van der Waals surface area contributed by atoms with Crippen molar-refractivity contribution >= 4 is 17.2 Å². The number of aryl methyl sites for hydroxylation is 1. The van der Waals surface area contributed by atoms with Crippen LogP contribution in [0.5, 0.6) is 0 Å². The summed E-state index contributed by atoms with van der Waals surface area (Å²) >= 11 is 1.60. The third kappa shape index (κ3) is 2.88. The molecule has 5 heteroatoms. The van der Waals surface area contributed by atoms with E-state index in [0.29, 0.717) is 12.1 Å². The molecule has 17 heavy (non-hydrogen) atoms. The molecule has 2 aromatic heterocycles. The Kier molecular flexibility index (Phi) is 3.49. The van der Waals surface area contributed by atoms with E-state index in [-0.39, 0.29) is 5.91 Å². The van der Waals surface area contributed by atoms with Crippen molar-refractivity contribution in [2.45, 2.75) is 13.5 Å². The molecule has 0 bridgehead atoms. The SMILES string of the molecule is Cc1ccsc1CNC(=O)c1ccc(F)nc1. The highest BCUT2D eigenvalue weighted by atomic mass is 32.1. The molecule has 0 fully saturated rings. The first-order valence-corrected chi connectivity index (χ1v) is 5.97. The van der Waals surface area contributed by atoms with E-state index < -0.39 is 5.95 Å². The number of hydrogen-bond donors (Lipinski definition) is 1. The van der Waals surface area contributed by atoms with Gasteiger partial charge in [0.25, 0.3) is 5.91 Å². The van der Waals surface area contributed by atoms with E-state index in [1.165, 1.54) is 18.3 Å². The zero-order valence-corrected chi connectivity index (χ0v) is 10.1. The fourth-order valence-electron chi connectivity index (χ4n) is 1.36. The lowest BCUT2D eigenvalue weighted by atomic mass is 10.2. The number of hydrogen-bond acceptors (Lipinski definition) is 3. The van der Waals surface area contributed by atoms with Crippen LogP contribution in [-0.4, -0.2) is 10.9 Å². The van der Waals surface area contributed by atoms with Crippen LogP contribution < -0.4 is 5.32 Å². The molecule has 2 heterocycles. The molecule has 0 aliphatic carbocycles. The second kappa shape index (κ2) is 5.05. The van der Waals surface area contributed by atoms with E-state index in [1.807, 2.05) is 18.4 Å². The van der Waals surface area contributed by atoms with Crippen LogP contribution >= 0.6 is 11.3 Å². The van der Waals surface area contributed by atoms with Gasteiger partial charge in [0.1, 0.15) is 0 Å². The predicted octanol–water partition coefficient (Wildman–Crippen LogP) is 2.52. The molecule has 2 aromatic rings. The maximum absolute atomic E-state index is 12.6. The van der Waals surface area contributed by atoms with Crippen molar-refractivity contribution in [3.63, 3.8) is 0 Å². The highest BCUT2D eigenvalue weighted by molar-refractivity contribution is 7.10. The van der Waals surface area contributed by atoms with Crippen molar-refractivity contribution in [2.75, 3.05) is 0 Å². The van der Waals surface area contributed by atoms with Crippen molar-refractivity contribution in [2.24, 2.45) is 0 Å². The normalized spacial score (nSPS) is 10.2. The Balaban J connectivity index is 1.98. The zero-order chi connectivity index (χ0) is 12.3. The van der Waals surface area contributed by atoms with Gasteiger partial charge in [-0.05, 0) is 36.1 Å². The Bertz CT molecular complexity index is 522. The van der Waals surface area contributed by atoms with Crippen LogP contribution in [0.15, 0.2) is 29.8 Å². The third-order valence-corrected chi connectivity index (χ3v) is 3.39. The van der Waals surface area contributed by atoms with Crippen LogP contribution in [0.1, 0.15) is 20.8 Å². The lowest BCUT2D eigenvalue weighted by Crippen LogP contribution is -2.22. The first-order chi connectivity index (χ1) is 8.16. The summed E-state index contributed by atoms with van der Waals surface area (Å²) < 4.78 is 12.6. The summed E-state index contributed by atoms with van der Waals surface area (Å²) in [4.78, 5) is 16.3. The van der Waals surface area contributed by atoms with E-state index >= 15 is 0 Å². The molecule has 0 radical (unpaired) electrons. The summed E-state index contributed by atoms with van der Waals surface area (Å²) in [5.41, 5.74) is 1.52. The number of aromatic nitrogens is 1. The zero-order valence-electron chi connectivity index (χ0n) is 9.24.